The van der Waals surface area contributed by atoms with E-state index in [2.05, 4.69) is 13.0 Å². The summed E-state index contributed by atoms with van der Waals surface area (Å²) < 4.78 is -0.514. The summed E-state index contributed by atoms with van der Waals surface area (Å²) in [4.78, 5) is 36.5. The molecule has 3 unspecified atom stereocenters. The van der Waals surface area contributed by atoms with Crippen molar-refractivity contribution in [2.45, 2.75) is 161 Å². The van der Waals surface area contributed by atoms with Crippen LogP contribution >= 0.6 is 0 Å². The van der Waals surface area contributed by atoms with Crippen LogP contribution in [-0.4, -0.2) is 57.3 Å². The van der Waals surface area contributed by atoms with Crippen molar-refractivity contribution < 1.29 is 34.2 Å². The first-order chi connectivity index (χ1) is 18.2. The fraction of sp³-hybridized carbons (Fsp3) is 0.839. The van der Waals surface area contributed by atoms with E-state index in [4.69, 9.17) is 0 Å². The molecule has 0 aromatic carbocycles. The van der Waals surface area contributed by atoms with E-state index < -0.39 is 40.5 Å². The molecule has 0 spiro atoms. The van der Waals surface area contributed by atoms with E-state index in [0.717, 1.165) is 12.8 Å². The van der Waals surface area contributed by atoms with E-state index in [0.29, 0.717) is 6.42 Å². The molecule has 7 heteroatoms. The zero-order chi connectivity index (χ0) is 28.8. The smallest absolute Gasteiger partial charge is 0.362 e. The molecule has 38 heavy (non-hydrogen) atoms. The first-order valence-electron chi connectivity index (χ1n) is 15.4. The number of nitrogens with zero attached hydrogens (tertiary/aromatic N) is 1. The Morgan fingerprint density at radius 2 is 0.974 bits per heavy atom. The number of hydrogen-bond acceptors (Lipinski definition) is 4. The fourth-order valence-electron chi connectivity index (χ4n) is 6.08. The summed E-state index contributed by atoms with van der Waals surface area (Å²) in [6.45, 7) is 7.39. The van der Waals surface area contributed by atoms with Crippen molar-refractivity contribution in [2.75, 3.05) is 6.54 Å². The summed E-state index contributed by atoms with van der Waals surface area (Å²) in [7, 11) is 0. The molecular formula is C31H57NO6. The molecule has 0 saturated carbocycles. The van der Waals surface area contributed by atoms with Crippen molar-refractivity contribution in [1.29, 1.82) is 0 Å². The first-order valence-corrected chi connectivity index (χ1v) is 15.4. The van der Waals surface area contributed by atoms with Crippen LogP contribution in [0.2, 0.25) is 0 Å². The maximum atomic E-state index is 12.2. The molecule has 0 fully saturated rings. The number of carbonyl (C=O) groups excluding carboxylic acids is 1. The Morgan fingerprint density at radius 3 is 1.32 bits per heavy atom. The van der Waals surface area contributed by atoms with Crippen molar-refractivity contribution in [2.24, 2.45) is 0 Å². The predicted molar refractivity (Wildman–Crippen MR) is 152 cm³/mol. The molecule has 7 nitrogen and oxygen atoms in total. The van der Waals surface area contributed by atoms with Crippen molar-refractivity contribution in [3.63, 3.8) is 0 Å². The first kappa shape index (κ1) is 36.1. The van der Waals surface area contributed by atoms with Gasteiger partial charge in [-0.15, -0.1) is 0 Å². The minimum atomic E-state index is -1.39. The highest BCUT2D eigenvalue weighted by molar-refractivity contribution is 5.77. The lowest BCUT2D eigenvalue weighted by Gasteiger charge is -2.51. The lowest BCUT2D eigenvalue weighted by molar-refractivity contribution is -0.974. The molecular weight excluding hydrogens is 482 g/mol. The summed E-state index contributed by atoms with van der Waals surface area (Å²) >= 11 is 0. The van der Waals surface area contributed by atoms with Crippen LogP contribution in [0.1, 0.15) is 143 Å². The van der Waals surface area contributed by atoms with Gasteiger partial charge < -0.3 is 20.1 Å². The van der Waals surface area contributed by atoms with Gasteiger partial charge in [0.1, 0.15) is 6.04 Å². The number of carbonyl (C=O) groups is 3. The summed E-state index contributed by atoms with van der Waals surface area (Å²) in [5.74, 6) is -3.71. The Morgan fingerprint density at radius 1 is 0.605 bits per heavy atom. The van der Waals surface area contributed by atoms with E-state index in [1.54, 1.807) is 20.8 Å². The van der Waals surface area contributed by atoms with Crippen LogP contribution in [0.15, 0.2) is 12.2 Å². The third kappa shape index (κ3) is 12.8. The molecule has 222 valence electrons. The number of hydrogen-bond donors (Lipinski definition) is 2. The van der Waals surface area contributed by atoms with Gasteiger partial charge in [-0.2, -0.15) is 0 Å². The number of rotatable bonds is 26. The number of carboxylic acids is 3. The Balaban J connectivity index is 4.75. The number of allylic oxidation sites excluding steroid dienone is 1. The van der Waals surface area contributed by atoms with E-state index >= 15 is 0 Å². The molecule has 0 radical (unpaired) electrons. The van der Waals surface area contributed by atoms with Crippen LogP contribution in [0.5, 0.6) is 0 Å². The van der Waals surface area contributed by atoms with Gasteiger partial charge in [-0.25, -0.2) is 9.59 Å². The number of unbranched alkanes of at least 4 members (excludes halogenated alkanes) is 13. The van der Waals surface area contributed by atoms with Crippen LogP contribution in [0.25, 0.3) is 0 Å². The van der Waals surface area contributed by atoms with Crippen LogP contribution < -0.4 is 5.11 Å². The van der Waals surface area contributed by atoms with E-state index in [1.165, 1.54) is 77.0 Å². The zero-order valence-corrected chi connectivity index (χ0v) is 24.8. The standard InChI is InChI=1S/C31H57NO6/c1-5-9-10-11-12-13-14-15-16-17-18-19-20-21-22-23-24-25-32(26(6-2)29(33)34,27(7-3)30(35)36)28(8-4)31(37)38/h22-23,26-28H,5-21,24-25H2,1-4H3,(H2-,33,34,35,36,37,38)/b23-22+. The SMILES string of the molecule is CCCCCCCCCCCCCCC/C=C/CC[N+](C(CC)C(=O)[O-])(C(CC)C(=O)O)C(CC)C(=O)O. The summed E-state index contributed by atoms with van der Waals surface area (Å²) in [6.07, 6.45) is 22.7. The largest absolute Gasteiger partial charge is 0.544 e. The molecule has 3 atom stereocenters. The molecule has 0 heterocycles. The third-order valence-electron chi connectivity index (χ3n) is 8.07. The molecule has 0 bridgehead atoms. The quantitative estimate of drug-likeness (QED) is 0.0738. The van der Waals surface area contributed by atoms with Gasteiger partial charge in [-0.1, -0.05) is 117 Å². The van der Waals surface area contributed by atoms with E-state index in [1.807, 2.05) is 6.08 Å². The van der Waals surface area contributed by atoms with Crippen molar-refractivity contribution in [3.05, 3.63) is 12.2 Å². The lowest BCUT2D eigenvalue weighted by Crippen LogP contribution is -2.73. The van der Waals surface area contributed by atoms with Gasteiger partial charge in [0.15, 0.2) is 12.1 Å². The zero-order valence-electron chi connectivity index (χ0n) is 24.8. The molecule has 0 aromatic rings. The maximum absolute atomic E-state index is 12.2. The Bertz CT molecular complexity index is 622. The minimum absolute atomic E-state index is 0.110. The van der Waals surface area contributed by atoms with Crippen LogP contribution in [-0.2, 0) is 14.4 Å². The van der Waals surface area contributed by atoms with Crippen molar-refractivity contribution in [1.82, 2.24) is 0 Å². The highest BCUT2D eigenvalue weighted by Crippen LogP contribution is 2.31. The number of aliphatic carboxylic acids is 3. The van der Waals surface area contributed by atoms with Gasteiger partial charge in [-0.05, 0) is 12.8 Å². The summed E-state index contributed by atoms with van der Waals surface area (Å²) in [6, 6.07) is -3.46. The fourth-order valence-corrected chi connectivity index (χ4v) is 6.08. The second-order valence-electron chi connectivity index (χ2n) is 10.8. The van der Waals surface area contributed by atoms with Crippen molar-refractivity contribution >= 4 is 17.9 Å². The topological polar surface area (TPSA) is 115 Å². The van der Waals surface area contributed by atoms with Crippen LogP contribution in [0.3, 0.4) is 0 Å². The molecule has 0 rings (SSSR count). The average molecular weight is 540 g/mol. The molecule has 0 aliphatic rings. The normalized spacial score (nSPS) is 15.7. The van der Waals surface area contributed by atoms with Gasteiger partial charge in [0.05, 0.1) is 12.5 Å². The maximum Gasteiger partial charge on any atom is 0.362 e. The van der Waals surface area contributed by atoms with Gasteiger partial charge in [0.25, 0.3) is 0 Å². The molecule has 0 saturated heterocycles. The Hall–Kier alpha value is -1.89. The summed E-state index contributed by atoms with van der Waals surface area (Å²) in [5, 5.41) is 32.0. The number of quaternary nitrogens is 1. The van der Waals surface area contributed by atoms with Crippen molar-refractivity contribution in [3.8, 4) is 0 Å². The molecule has 0 amide bonds. The molecule has 0 aliphatic carbocycles. The molecule has 0 aromatic heterocycles. The van der Waals surface area contributed by atoms with Gasteiger partial charge in [0, 0.05) is 25.7 Å². The summed E-state index contributed by atoms with van der Waals surface area (Å²) in [5.41, 5.74) is 0. The van der Waals surface area contributed by atoms with E-state index in [-0.39, 0.29) is 25.8 Å². The Kier molecular flexibility index (Phi) is 20.9. The second kappa shape index (κ2) is 22.0. The third-order valence-corrected chi connectivity index (χ3v) is 8.07. The minimum Gasteiger partial charge on any atom is -0.544 e. The molecule has 2 N–H and O–H groups in total. The lowest BCUT2D eigenvalue weighted by atomic mass is 9.94. The highest BCUT2D eigenvalue weighted by atomic mass is 16.4. The predicted octanol–water partition coefficient (Wildman–Crippen LogP) is 6.49. The van der Waals surface area contributed by atoms with E-state index in [9.17, 15) is 29.7 Å². The van der Waals surface area contributed by atoms with Crippen LogP contribution in [0, 0.1) is 0 Å². The van der Waals surface area contributed by atoms with Crippen LogP contribution in [0.4, 0.5) is 0 Å². The second-order valence-corrected chi connectivity index (χ2v) is 10.8. The molecule has 0 aliphatic heterocycles. The highest BCUT2D eigenvalue weighted by Gasteiger charge is 2.53. The average Bonchev–Trinajstić information content (AvgIpc) is 2.86. The van der Waals surface area contributed by atoms with Gasteiger partial charge >= 0.3 is 11.9 Å². The van der Waals surface area contributed by atoms with Gasteiger partial charge in [-0.3, -0.25) is 4.48 Å². The number of carboxylic acid groups (broad SMARTS) is 3. The monoisotopic (exact) mass is 539 g/mol. The Labute approximate surface area is 232 Å². The van der Waals surface area contributed by atoms with Gasteiger partial charge in [0.2, 0.25) is 0 Å².